The minimum Gasteiger partial charge on any atom is -0.293 e. The fourth-order valence-corrected chi connectivity index (χ4v) is 2.00. The van der Waals surface area contributed by atoms with Crippen LogP contribution in [0, 0.1) is 16.7 Å². The quantitative estimate of drug-likeness (QED) is 0.798. The smallest absolute Gasteiger partial charge is 0.247 e. The molecule has 1 aromatic heterocycles. The summed E-state index contributed by atoms with van der Waals surface area (Å²) in [6.07, 6.45) is 4.49. The molecule has 0 saturated heterocycles. The Balaban J connectivity index is 2.14. The van der Waals surface area contributed by atoms with Crippen LogP contribution in [0.5, 0.6) is 0 Å². The predicted molar refractivity (Wildman–Crippen MR) is 56.1 cm³/mol. The van der Waals surface area contributed by atoms with Gasteiger partial charge in [-0.1, -0.05) is 12.8 Å². The van der Waals surface area contributed by atoms with Crippen LogP contribution in [0.15, 0.2) is 6.33 Å². The van der Waals surface area contributed by atoms with Crippen molar-refractivity contribution >= 4 is 11.9 Å². The van der Waals surface area contributed by atoms with Crippen molar-refractivity contribution in [3.05, 3.63) is 6.33 Å². The van der Waals surface area contributed by atoms with E-state index in [1.54, 1.807) is 7.05 Å². The Bertz CT molecular complexity index is 438. The number of anilines is 1. The molecule has 1 heterocycles. The number of nitriles is 1. The fraction of sp³-hybridized carbons (Fsp3) is 0.600. The van der Waals surface area contributed by atoms with Crippen LogP contribution >= 0.6 is 0 Å². The van der Waals surface area contributed by atoms with Gasteiger partial charge < -0.3 is 0 Å². The van der Waals surface area contributed by atoms with Gasteiger partial charge in [-0.15, -0.1) is 0 Å². The van der Waals surface area contributed by atoms with Crippen LogP contribution in [0.3, 0.4) is 0 Å². The average molecular weight is 219 g/mol. The topological polar surface area (TPSA) is 83.6 Å². The van der Waals surface area contributed by atoms with Crippen molar-refractivity contribution < 1.29 is 4.79 Å². The van der Waals surface area contributed by atoms with Gasteiger partial charge in [-0.05, 0) is 12.8 Å². The second-order valence-corrected chi connectivity index (χ2v) is 4.06. The van der Waals surface area contributed by atoms with Crippen molar-refractivity contribution in [1.29, 1.82) is 5.26 Å². The summed E-state index contributed by atoms with van der Waals surface area (Å²) >= 11 is 0. The number of amides is 1. The molecule has 0 bridgehead atoms. The highest BCUT2D eigenvalue weighted by Crippen LogP contribution is 2.38. The van der Waals surface area contributed by atoms with Crippen LogP contribution < -0.4 is 5.32 Å². The standard InChI is InChI=1S/C10H13N5O/c1-15-9(12-7-13-15)14-8(16)10(6-11)4-2-3-5-10/h7H,2-5H2,1H3,(H,12,13,14,16). The van der Waals surface area contributed by atoms with Gasteiger partial charge in [-0.25, -0.2) is 4.68 Å². The molecule has 0 radical (unpaired) electrons. The number of aromatic nitrogens is 3. The van der Waals surface area contributed by atoms with Gasteiger partial charge in [0.15, 0.2) is 0 Å². The number of hydrogen-bond donors (Lipinski definition) is 1. The zero-order chi connectivity index (χ0) is 11.6. The number of nitrogens with one attached hydrogen (secondary N) is 1. The molecule has 1 saturated carbocycles. The molecular formula is C10H13N5O. The summed E-state index contributed by atoms with van der Waals surface area (Å²) in [5, 5.41) is 15.6. The zero-order valence-corrected chi connectivity index (χ0v) is 9.10. The van der Waals surface area contributed by atoms with Crippen molar-refractivity contribution in [2.24, 2.45) is 12.5 Å². The van der Waals surface area contributed by atoms with Gasteiger partial charge in [0.1, 0.15) is 11.7 Å². The minimum absolute atomic E-state index is 0.261. The third-order valence-electron chi connectivity index (χ3n) is 3.04. The molecule has 1 N–H and O–H groups in total. The molecule has 1 aromatic rings. The summed E-state index contributed by atoms with van der Waals surface area (Å²) in [6, 6.07) is 2.14. The maximum absolute atomic E-state index is 12.0. The molecule has 0 spiro atoms. The largest absolute Gasteiger partial charge is 0.293 e. The molecule has 6 heteroatoms. The van der Waals surface area contributed by atoms with Crippen LogP contribution in [0.25, 0.3) is 0 Å². The first kappa shape index (κ1) is 10.6. The van der Waals surface area contributed by atoms with E-state index in [4.69, 9.17) is 5.26 Å². The summed E-state index contributed by atoms with van der Waals surface area (Å²) in [5.41, 5.74) is -0.869. The molecule has 6 nitrogen and oxygen atoms in total. The highest BCUT2D eigenvalue weighted by molar-refractivity contribution is 5.96. The van der Waals surface area contributed by atoms with E-state index in [9.17, 15) is 4.79 Å². The molecule has 0 atom stereocenters. The van der Waals surface area contributed by atoms with Gasteiger partial charge in [0.25, 0.3) is 0 Å². The first-order valence-electron chi connectivity index (χ1n) is 5.25. The molecule has 1 amide bonds. The van der Waals surface area contributed by atoms with E-state index in [2.05, 4.69) is 21.5 Å². The Morgan fingerprint density at radius 1 is 1.62 bits per heavy atom. The Kier molecular flexibility index (Phi) is 2.60. The van der Waals surface area contributed by atoms with Gasteiger partial charge in [-0.3, -0.25) is 10.1 Å². The molecule has 2 rings (SSSR count). The number of hydrogen-bond acceptors (Lipinski definition) is 4. The highest BCUT2D eigenvalue weighted by atomic mass is 16.2. The summed E-state index contributed by atoms with van der Waals surface area (Å²) < 4.78 is 1.47. The van der Waals surface area contributed by atoms with E-state index in [1.807, 2.05) is 0 Å². The lowest BCUT2D eigenvalue weighted by molar-refractivity contribution is -0.122. The lowest BCUT2D eigenvalue weighted by Gasteiger charge is -2.18. The number of carbonyl (C=O) groups is 1. The van der Waals surface area contributed by atoms with Gasteiger partial charge in [0, 0.05) is 7.05 Å². The van der Waals surface area contributed by atoms with Crippen LogP contribution in [0.1, 0.15) is 25.7 Å². The molecule has 16 heavy (non-hydrogen) atoms. The third-order valence-corrected chi connectivity index (χ3v) is 3.04. The monoisotopic (exact) mass is 219 g/mol. The molecule has 0 aliphatic heterocycles. The highest BCUT2D eigenvalue weighted by Gasteiger charge is 2.41. The van der Waals surface area contributed by atoms with E-state index in [0.29, 0.717) is 18.8 Å². The van der Waals surface area contributed by atoms with Gasteiger partial charge in [0.2, 0.25) is 11.9 Å². The number of carbonyl (C=O) groups excluding carboxylic acids is 1. The minimum atomic E-state index is -0.869. The molecular weight excluding hydrogens is 206 g/mol. The average Bonchev–Trinajstić information content (AvgIpc) is 2.89. The first-order chi connectivity index (χ1) is 7.68. The second kappa shape index (κ2) is 3.93. The lowest BCUT2D eigenvalue weighted by atomic mass is 9.87. The van der Waals surface area contributed by atoms with Crippen molar-refractivity contribution in [1.82, 2.24) is 14.8 Å². The Labute approximate surface area is 93.3 Å². The van der Waals surface area contributed by atoms with E-state index >= 15 is 0 Å². The molecule has 0 aromatic carbocycles. The van der Waals surface area contributed by atoms with Crippen molar-refractivity contribution in [3.63, 3.8) is 0 Å². The zero-order valence-electron chi connectivity index (χ0n) is 9.10. The fourth-order valence-electron chi connectivity index (χ4n) is 2.00. The van der Waals surface area contributed by atoms with E-state index in [1.165, 1.54) is 11.0 Å². The van der Waals surface area contributed by atoms with Gasteiger partial charge in [0.05, 0.1) is 6.07 Å². The lowest BCUT2D eigenvalue weighted by Crippen LogP contribution is -2.33. The van der Waals surface area contributed by atoms with E-state index < -0.39 is 5.41 Å². The first-order valence-corrected chi connectivity index (χ1v) is 5.25. The Morgan fingerprint density at radius 2 is 2.31 bits per heavy atom. The normalized spacial score (nSPS) is 18.0. The Hall–Kier alpha value is -1.90. The van der Waals surface area contributed by atoms with Crippen LogP contribution in [0.4, 0.5) is 5.95 Å². The summed E-state index contributed by atoms with van der Waals surface area (Å²) in [5.74, 6) is 0.120. The predicted octanol–water partition coefficient (Wildman–Crippen LogP) is 0.838. The maximum Gasteiger partial charge on any atom is 0.247 e. The molecule has 84 valence electrons. The summed E-state index contributed by atoms with van der Waals surface area (Å²) in [6.45, 7) is 0. The third kappa shape index (κ3) is 1.65. The summed E-state index contributed by atoms with van der Waals surface area (Å²) in [4.78, 5) is 15.9. The molecule has 1 aliphatic carbocycles. The second-order valence-electron chi connectivity index (χ2n) is 4.06. The number of nitrogens with zero attached hydrogens (tertiary/aromatic N) is 4. The van der Waals surface area contributed by atoms with E-state index in [0.717, 1.165) is 12.8 Å². The van der Waals surface area contributed by atoms with Crippen LogP contribution in [0.2, 0.25) is 0 Å². The van der Waals surface area contributed by atoms with Crippen molar-refractivity contribution in [3.8, 4) is 6.07 Å². The summed E-state index contributed by atoms with van der Waals surface area (Å²) in [7, 11) is 1.69. The van der Waals surface area contributed by atoms with Crippen LogP contribution in [-0.2, 0) is 11.8 Å². The van der Waals surface area contributed by atoms with Crippen molar-refractivity contribution in [2.45, 2.75) is 25.7 Å². The number of aryl methyl sites for hydroxylation is 1. The van der Waals surface area contributed by atoms with Crippen molar-refractivity contribution in [2.75, 3.05) is 5.32 Å². The van der Waals surface area contributed by atoms with Gasteiger partial charge in [-0.2, -0.15) is 15.3 Å². The number of rotatable bonds is 2. The van der Waals surface area contributed by atoms with Crippen LogP contribution in [-0.4, -0.2) is 20.7 Å². The Morgan fingerprint density at radius 3 is 2.81 bits per heavy atom. The SMILES string of the molecule is Cn1ncnc1NC(=O)C1(C#N)CCCC1. The van der Waals surface area contributed by atoms with Gasteiger partial charge >= 0.3 is 0 Å². The molecule has 1 fully saturated rings. The van der Waals surface area contributed by atoms with E-state index in [-0.39, 0.29) is 5.91 Å². The molecule has 1 aliphatic rings. The maximum atomic E-state index is 12.0. The molecule has 0 unspecified atom stereocenters.